The maximum absolute atomic E-state index is 5.72. The van der Waals surface area contributed by atoms with Crippen molar-refractivity contribution in [3.8, 4) is 5.75 Å². The molecule has 1 rings (SSSR count). The standard InChI is InChI=1S/C15H27N3O/c1-5-14(16-4)15-9-8-13(12-17-15)19-11-10-18(6-2)7-3/h8-9,12,14,16H,5-7,10-11H2,1-4H3. The Bertz CT molecular complexity index is 332. The summed E-state index contributed by atoms with van der Waals surface area (Å²) in [5.41, 5.74) is 1.07. The lowest BCUT2D eigenvalue weighted by molar-refractivity contribution is 0.222. The van der Waals surface area contributed by atoms with E-state index in [0.29, 0.717) is 12.6 Å². The molecule has 0 aliphatic heterocycles. The molecule has 4 heteroatoms. The highest BCUT2D eigenvalue weighted by Gasteiger charge is 2.07. The highest BCUT2D eigenvalue weighted by molar-refractivity contribution is 5.21. The van der Waals surface area contributed by atoms with Crippen LogP contribution in [0.5, 0.6) is 5.75 Å². The van der Waals surface area contributed by atoms with E-state index in [4.69, 9.17) is 4.74 Å². The van der Waals surface area contributed by atoms with E-state index in [9.17, 15) is 0 Å². The maximum atomic E-state index is 5.72. The van der Waals surface area contributed by atoms with Crippen molar-refractivity contribution in [3.05, 3.63) is 24.0 Å². The van der Waals surface area contributed by atoms with Gasteiger partial charge in [0.2, 0.25) is 0 Å². The van der Waals surface area contributed by atoms with Gasteiger partial charge in [-0.1, -0.05) is 20.8 Å². The van der Waals surface area contributed by atoms with Crippen LogP contribution in [-0.4, -0.2) is 43.2 Å². The lowest BCUT2D eigenvalue weighted by Crippen LogP contribution is -2.27. The average Bonchev–Trinajstić information content (AvgIpc) is 2.46. The molecule has 0 amide bonds. The van der Waals surface area contributed by atoms with Gasteiger partial charge in [-0.05, 0) is 38.7 Å². The molecule has 0 aliphatic rings. The second-order valence-electron chi connectivity index (χ2n) is 4.54. The van der Waals surface area contributed by atoms with Gasteiger partial charge in [-0.2, -0.15) is 0 Å². The molecule has 1 aromatic rings. The molecule has 1 aromatic heterocycles. The van der Waals surface area contributed by atoms with Crippen molar-refractivity contribution in [2.45, 2.75) is 33.2 Å². The molecule has 0 aromatic carbocycles. The van der Waals surface area contributed by atoms with Gasteiger partial charge in [0.05, 0.1) is 11.9 Å². The Morgan fingerprint density at radius 3 is 2.47 bits per heavy atom. The van der Waals surface area contributed by atoms with Crippen LogP contribution < -0.4 is 10.1 Å². The predicted octanol–water partition coefficient (Wildman–Crippen LogP) is 2.47. The number of aromatic nitrogens is 1. The third kappa shape index (κ3) is 5.17. The molecule has 1 atom stereocenters. The summed E-state index contributed by atoms with van der Waals surface area (Å²) >= 11 is 0. The molecule has 0 fully saturated rings. The maximum Gasteiger partial charge on any atom is 0.137 e. The first-order chi connectivity index (χ1) is 9.24. The van der Waals surface area contributed by atoms with Crippen molar-refractivity contribution in [2.75, 3.05) is 33.3 Å². The van der Waals surface area contributed by atoms with Crippen molar-refractivity contribution in [1.82, 2.24) is 15.2 Å². The Morgan fingerprint density at radius 2 is 2.00 bits per heavy atom. The van der Waals surface area contributed by atoms with E-state index in [-0.39, 0.29) is 0 Å². The second-order valence-corrected chi connectivity index (χ2v) is 4.54. The third-order valence-corrected chi connectivity index (χ3v) is 3.44. The molecule has 1 N–H and O–H groups in total. The molecule has 0 radical (unpaired) electrons. The summed E-state index contributed by atoms with van der Waals surface area (Å²) in [5, 5.41) is 3.25. The number of ether oxygens (including phenoxy) is 1. The largest absolute Gasteiger partial charge is 0.491 e. The zero-order valence-corrected chi connectivity index (χ0v) is 12.6. The molecule has 4 nitrogen and oxygen atoms in total. The summed E-state index contributed by atoms with van der Waals surface area (Å²) in [4.78, 5) is 6.80. The lowest BCUT2D eigenvalue weighted by atomic mass is 10.1. The molecule has 19 heavy (non-hydrogen) atoms. The first-order valence-corrected chi connectivity index (χ1v) is 7.23. The summed E-state index contributed by atoms with van der Waals surface area (Å²) in [7, 11) is 1.96. The van der Waals surface area contributed by atoms with Crippen LogP contribution in [0.4, 0.5) is 0 Å². The zero-order chi connectivity index (χ0) is 14.1. The van der Waals surface area contributed by atoms with Gasteiger partial charge in [0.25, 0.3) is 0 Å². The number of hydrogen-bond acceptors (Lipinski definition) is 4. The highest BCUT2D eigenvalue weighted by atomic mass is 16.5. The Balaban J connectivity index is 2.44. The molecule has 0 saturated carbocycles. The molecule has 0 aliphatic carbocycles. The molecular formula is C15H27N3O. The van der Waals surface area contributed by atoms with E-state index in [0.717, 1.165) is 37.5 Å². The Labute approximate surface area is 117 Å². The summed E-state index contributed by atoms with van der Waals surface area (Å²) < 4.78 is 5.72. The number of nitrogens with one attached hydrogen (secondary N) is 1. The van der Waals surface area contributed by atoms with Crippen LogP contribution in [0.25, 0.3) is 0 Å². The molecule has 108 valence electrons. The summed E-state index contributed by atoms with van der Waals surface area (Å²) in [6.45, 7) is 10.3. The van der Waals surface area contributed by atoms with Crippen LogP contribution in [-0.2, 0) is 0 Å². The van der Waals surface area contributed by atoms with Gasteiger partial charge in [0, 0.05) is 12.6 Å². The van der Waals surface area contributed by atoms with Crippen LogP contribution in [0.2, 0.25) is 0 Å². The van der Waals surface area contributed by atoms with Gasteiger partial charge in [0.1, 0.15) is 12.4 Å². The van der Waals surface area contributed by atoms with Gasteiger partial charge in [-0.25, -0.2) is 0 Å². The van der Waals surface area contributed by atoms with Crippen molar-refractivity contribution in [1.29, 1.82) is 0 Å². The number of nitrogens with zero attached hydrogens (tertiary/aromatic N) is 2. The van der Waals surface area contributed by atoms with Crippen LogP contribution in [0.1, 0.15) is 38.9 Å². The van der Waals surface area contributed by atoms with Crippen molar-refractivity contribution in [3.63, 3.8) is 0 Å². The monoisotopic (exact) mass is 265 g/mol. The highest BCUT2D eigenvalue weighted by Crippen LogP contribution is 2.16. The summed E-state index contributed by atoms with van der Waals surface area (Å²) in [6, 6.07) is 4.37. The fourth-order valence-electron chi connectivity index (χ4n) is 2.08. The SMILES string of the molecule is CCC(NC)c1ccc(OCCN(CC)CC)cn1. The van der Waals surface area contributed by atoms with Gasteiger partial charge in [-0.3, -0.25) is 4.98 Å². The average molecular weight is 265 g/mol. The van der Waals surface area contributed by atoms with Crippen LogP contribution >= 0.6 is 0 Å². The van der Waals surface area contributed by atoms with E-state index in [2.05, 4.69) is 36.0 Å². The fraction of sp³-hybridized carbons (Fsp3) is 0.667. The van der Waals surface area contributed by atoms with Gasteiger partial charge in [0.15, 0.2) is 0 Å². The summed E-state index contributed by atoms with van der Waals surface area (Å²) in [6.07, 6.45) is 2.85. The van der Waals surface area contributed by atoms with Crippen LogP contribution in [0.3, 0.4) is 0 Å². The Hall–Kier alpha value is -1.13. The first kappa shape index (κ1) is 15.9. The van der Waals surface area contributed by atoms with Gasteiger partial charge < -0.3 is 15.0 Å². The molecule has 1 heterocycles. The van der Waals surface area contributed by atoms with Crippen molar-refractivity contribution >= 4 is 0 Å². The molecule has 0 bridgehead atoms. The minimum Gasteiger partial charge on any atom is -0.491 e. The van der Waals surface area contributed by atoms with Gasteiger partial charge in [-0.15, -0.1) is 0 Å². The number of hydrogen-bond donors (Lipinski definition) is 1. The Morgan fingerprint density at radius 1 is 1.26 bits per heavy atom. The topological polar surface area (TPSA) is 37.4 Å². The predicted molar refractivity (Wildman–Crippen MR) is 79.6 cm³/mol. The number of pyridine rings is 1. The molecule has 0 spiro atoms. The van der Waals surface area contributed by atoms with Crippen molar-refractivity contribution < 1.29 is 4.74 Å². The Kier molecular flexibility index (Phi) is 7.45. The van der Waals surface area contributed by atoms with E-state index < -0.39 is 0 Å². The summed E-state index contributed by atoms with van der Waals surface area (Å²) in [5.74, 6) is 0.849. The second kappa shape index (κ2) is 8.88. The lowest BCUT2D eigenvalue weighted by Gasteiger charge is -2.18. The van der Waals surface area contributed by atoms with Crippen LogP contribution in [0, 0.1) is 0 Å². The zero-order valence-electron chi connectivity index (χ0n) is 12.6. The van der Waals surface area contributed by atoms with Crippen LogP contribution in [0.15, 0.2) is 18.3 Å². The van der Waals surface area contributed by atoms with E-state index in [1.165, 1.54) is 0 Å². The van der Waals surface area contributed by atoms with Crippen molar-refractivity contribution in [2.24, 2.45) is 0 Å². The van der Waals surface area contributed by atoms with E-state index >= 15 is 0 Å². The normalized spacial score (nSPS) is 12.7. The smallest absolute Gasteiger partial charge is 0.137 e. The van der Waals surface area contributed by atoms with E-state index in [1.54, 1.807) is 0 Å². The minimum atomic E-state index is 0.324. The third-order valence-electron chi connectivity index (χ3n) is 3.44. The van der Waals surface area contributed by atoms with E-state index in [1.807, 2.05) is 25.4 Å². The van der Waals surface area contributed by atoms with Gasteiger partial charge >= 0.3 is 0 Å². The quantitative estimate of drug-likeness (QED) is 0.744. The first-order valence-electron chi connectivity index (χ1n) is 7.23. The molecular weight excluding hydrogens is 238 g/mol. The fourth-order valence-corrected chi connectivity index (χ4v) is 2.08. The minimum absolute atomic E-state index is 0.324. The molecule has 1 unspecified atom stereocenters. The molecule has 0 saturated heterocycles. The number of rotatable bonds is 9. The number of likely N-dealkylation sites (N-methyl/N-ethyl adjacent to an activating group) is 1.